The molecular weight excluding hydrogens is 575 g/mol. The molecule has 0 rings (SSSR count). The Kier molecular flexibility index (Phi) is 28.4. The third-order valence-corrected chi connectivity index (χ3v) is 9.31. The first-order valence-corrected chi connectivity index (χ1v) is 19.8. The molecule has 0 saturated heterocycles. The number of amides is 1. The largest absolute Gasteiger partial charge is 0.756 e. The number of carbonyl (C=O) groups excluding carboxylic acids is 1. The number of phosphoric acid groups is 1. The summed E-state index contributed by atoms with van der Waals surface area (Å²) in [6.07, 6.45) is 27.1. The van der Waals surface area contributed by atoms with E-state index in [9.17, 15) is 19.4 Å². The van der Waals surface area contributed by atoms with Gasteiger partial charge in [-0.15, -0.1) is 0 Å². The van der Waals surface area contributed by atoms with Crippen LogP contribution in [0.5, 0.6) is 0 Å². The van der Waals surface area contributed by atoms with Crippen LogP contribution in [-0.2, 0) is 18.4 Å². The van der Waals surface area contributed by atoms with Gasteiger partial charge in [0.15, 0.2) is 0 Å². The second-order valence-corrected chi connectivity index (χ2v) is 15.4. The predicted octanol–water partition coefficient (Wildman–Crippen LogP) is 8.44. The average Bonchev–Trinajstić information content (AvgIpc) is 2.95. The van der Waals surface area contributed by atoms with Crippen LogP contribution >= 0.6 is 7.82 Å². The summed E-state index contributed by atoms with van der Waals surface area (Å²) in [5, 5.41) is 13.6. The van der Waals surface area contributed by atoms with Gasteiger partial charge in [0, 0.05) is 6.42 Å². The fourth-order valence-electron chi connectivity index (χ4n) is 5.33. The molecule has 3 atom stereocenters. The van der Waals surface area contributed by atoms with E-state index in [-0.39, 0.29) is 19.1 Å². The Morgan fingerprint density at radius 3 is 1.55 bits per heavy atom. The zero-order chi connectivity index (χ0) is 32.9. The van der Waals surface area contributed by atoms with Crippen molar-refractivity contribution < 1.29 is 32.9 Å². The van der Waals surface area contributed by atoms with E-state index in [1.165, 1.54) is 89.9 Å². The number of unbranched alkanes of at least 4 members (excludes halogenated alkanes) is 20. The lowest BCUT2D eigenvalue weighted by Gasteiger charge is -2.30. The van der Waals surface area contributed by atoms with Crippen LogP contribution in [0.4, 0.5) is 0 Å². The fourth-order valence-corrected chi connectivity index (χ4v) is 6.05. The van der Waals surface area contributed by atoms with Crippen LogP contribution < -0.4 is 10.2 Å². The molecule has 3 unspecified atom stereocenters. The summed E-state index contributed by atoms with van der Waals surface area (Å²) in [6.45, 7) is 4.62. The van der Waals surface area contributed by atoms with E-state index in [0.29, 0.717) is 23.9 Å². The van der Waals surface area contributed by atoms with Crippen molar-refractivity contribution in [3.63, 3.8) is 0 Å². The molecule has 0 aliphatic carbocycles. The van der Waals surface area contributed by atoms with Crippen molar-refractivity contribution in [3.8, 4) is 0 Å². The third kappa shape index (κ3) is 30.2. The van der Waals surface area contributed by atoms with Gasteiger partial charge in [-0.05, 0) is 12.8 Å². The van der Waals surface area contributed by atoms with Crippen LogP contribution in [0.2, 0.25) is 0 Å². The first kappa shape index (κ1) is 43.5. The van der Waals surface area contributed by atoms with Gasteiger partial charge in [-0.3, -0.25) is 9.36 Å². The van der Waals surface area contributed by atoms with Crippen LogP contribution in [0.25, 0.3) is 0 Å². The number of hydrogen-bond acceptors (Lipinski definition) is 6. The van der Waals surface area contributed by atoms with Gasteiger partial charge in [-0.25, -0.2) is 0 Å². The summed E-state index contributed by atoms with van der Waals surface area (Å²) in [4.78, 5) is 25.0. The second kappa shape index (κ2) is 28.7. The van der Waals surface area contributed by atoms with Crippen LogP contribution in [0, 0.1) is 0 Å². The zero-order valence-corrected chi connectivity index (χ0v) is 30.5. The van der Waals surface area contributed by atoms with Gasteiger partial charge < -0.3 is 28.8 Å². The molecule has 264 valence electrons. The molecule has 0 aliphatic rings. The first-order valence-electron chi connectivity index (χ1n) is 18.4. The summed E-state index contributed by atoms with van der Waals surface area (Å²) in [5.74, 6) is -0.170. The van der Waals surface area contributed by atoms with Gasteiger partial charge in [0.1, 0.15) is 13.2 Å². The lowest BCUT2D eigenvalue weighted by Crippen LogP contribution is -2.46. The summed E-state index contributed by atoms with van der Waals surface area (Å²) >= 11 is 0. The summed E-state index contributed by atoms with van der Waals surface area (Å²) in [5.41, 5.74) is 0. The number of nitrogens with one attached hydrogen (secondary N) is 1. The predicted molar refractivity (Wildman–Crippen MR) is 183 cm³/mol. The van der Waals surface area contributed by atoms with E-state index in [2.05, 4.69) is 19.2 Å². The van der Waals surface area contributed by atoms with E-state index in [1.54, 1.807) is 0 Å². The van der Waals surface area contributed by atoms with Crippen molar-refractivity contribution in [2.75, 3.05) is 40.9 Å². The molecule has 0 spiro atoms. The molecule has 0 fully saturated rings. The molecule has 0 aromatic carbocycles. The molecule has 9 heteroatoms. The molecule has 2 N–H and O–H groups in total. The zero-order valence-electron chi connectivity index (χ0n) is 29.6. The minimum Gasteiger partial charge on any atom is -0.756 e. The van der Waals surface area contributed by atoms with Gasteiger partial charge in [-0.2, -0.15) is 0 Å². The quantitative estimate of drug-likeness (QED) is 0.0420. The van der Waals surface area contributed by atoms with Crippen LogP contribution in [-0.4, -0.2) is 68.5 Å². The lowest BCUT2D eigenvalue weighted by molar-refractivity contribution is -0.870. The highest BCUT2D eigenvalue weighted by Crippen LogP contribution is 2.38. The lowest BCUT2D eigenvalue weighted by atomic mass is 10.0. The van der Waals surface area contributed by atoms with Crippen molar-refractivity contribution in [1.29, 1.82) is 0 Å². The molecule has 0 bridgehead atoms. The van der Waals surface area contributed by atoms with Gasteiger partial charge in [0.25, 0.3) is 7.82 Å². The number of aliphatic hydroxyl groups excluding tert-OH is 1. The molecule has 8 nitrogen and oxygen atoms in total. The van der Waals surface area contributed by atoms with E-state index < -0.39 is 20.0 Å². The third-order valence-electron chi connectivity index (χ3n) is 8.35. The summed E-state index contributed by atoms with van der Waals surface area (Å²) < 4.78 is 23.0. The van der Waals surface area contributed by atoms with Crippen LogP contribution in [0.3, 0.4) is 0 Å². The first-order chi connectivity index (χ1) is 21.0. The summed E-state index contributed by atoms with van der Waals surface area (Å²) in [6, 6.07) is -0.788. The topological polar surface area (TPSA) is 108 Å². The van der Waals surface area contributed by atoms with E-state index in [0.717, 1.165) is 51.4 Å². The average molecular weight is 649 g/mol. The van der Waals surface area contributed by atoms with Crippen molar-refractivity contribution in [2.45, 2.75) is 180 Å². The number of hydrogen-bond donors (Lipinski definition) is 2. The van der Waals surface area contributed by atoms with E-state index in [1.807, 2.05) is 21.1 Å². The highest BCUT2D eigenvalue weighted by molar-refractivity contribution is 7.45. The second-order valence-electron chi connectivity index (χ2n) is 13.9. The SMILES string of the molecule is CCCCCCCCCCCCCCCCCCCC(=O)NC(COP(=O)([O-])OCC[N+](C)(C)C)C(O)CCCCCCC. The molecule has 0 aliphatic heterocycles. The van der Waals surface area contributed by atoms with Crippen LogP contribution in [0.15, 0.2) is 0 Å². The molecule has 0 aromatic heterocycles. The van der Waals surface area contributed by atoms with Crippen molar-refractivity contribution >= 4 is 13.7 Å². The number of phosphoric ester groups is 1. The Morgan fingerprint density at radius 1 is 0.705 bits per heavy atom. The molecule has 44 heavy (non-hydrogen) atoms. The number of carbonyl (C=O) groups is 1. The van der Waals surface area contributed by atoms with Gasteiger partial charge in [0.05, 0.1) is 39.9 Å². The molecule has 0 radical (unpaired) electrons. The van der Waals surface area contributed by atoms with Crippen LogP contribution in [0.1, 0.15) is 168 Å². The maximum absolute atomic E-state index is 12.7. The number of likely N-dealkylation sites (N-methyl/N-ethyl adjacent to an activating group) is 1. The molecular formula is C35H73N2O6P. The van der Waals surface area contributed by atoms with E-state index >= 15 is 0 Å². The van der Waals surface area contributed by atoms with Crippen molar-refractivity contribution in [2.24, 2.45) is 0 Å². The standard InChI is InChI=1S/C35H73N2O6P/c1-6-8-10-12-13-14-15-16-17-18-19-20-21-22-23-25-27-29-35(39)36-33(34(38)28-26-24-11-9-7-2)32-43-44(40,41)42-31-30-37(3,4)5/h33-34,38H,6-32H2,1-5H3,(H-,36,39,40,41). The Balaban J connectivity index is 4.20. The fraction of sp³-hybridized carbons (Fsp3) is 0.971. The van der Waals surface area contributed by atoms with Gasteiger partial charge in [0.2, 0.25) is 5.91 Å². The number of rotatable bonds is 33. The Bertz CT molecular complexity index is 703. The molecule has 0 aromatic rings. The normalized spacial score (nSPS) is 14.8. The Morgan fingerprint density at radius 2 is 1.11 bits per heavy atom. The molecule has 0 heterocycles. The minimum absolute atomic E-state index is 0.0145. The molecule has 0 saturated carbocycles. The van der Waals surface area contributed by atoms with Gasteiger partial charge >= 0.3 is 0 Å². The molecule has 1 amide bonds. The number of quaternary nitrogens is 1. The van der Waals surface area contributed by atoms with E-state index in [4.69, 9.17) is 9.05 Å². The van der Waals surface area contributed by atoms with Gasteiger partial charge in [-0.1, -0.05) is 149 Å². The Hall–Kier alpha value is -0.500. The maximum Gasteiger partial charge on any atom is 0.268 e. The number of aliphatic hydroxyl groups is 1. The summed E-state index contributed by atoms with van der Waals surface area (Å²) in [7, 11) is 1.31. The smallest absolute Gasteiger partial charge is 0.268 e. The monoisotopic (exact) mass is 649 g/mol. The minimum atomic E-state index is -4.53. The Labute approximate surface area is 272 Å². The maximum atomic E-state index is 12.7. The highest BCUT2D eigenvalue weighted by Gasteiger charge is 2.24. The van der Waals surface area contributed by atoms with Crippen molar-refractivity contribution in [1.82, 2.24) is 5.32 Å². The number of nitrogens with zero attached hydrogens (tertiary/aromatic N) is 1. The highest BCUT2D eigenvalue weighted by atomic mass is 31.2. The van der Waals surface area contributed by atoms with Crippen molar-refractivity contribution in [3.05, 3.63) is 0 Å².